The van der Waals surface area contributed by atoms with Crippen molar-refractivity contribution in [3.05, 3.63) is 0 Å². The molecule has 1 unspecified atom stereocenters. The number of carbonyl (C=O) groups excluding carboxylic acids is 3. The summed E-state index contributed by atoms with van der Waals surface area (Å²) < 4.78 is 0. The van der Waals surface area contributed by atoms with E-state index in [9.17, 15) is 14.4 Å². The normalized spacial score (nSPS) is 22.3. The minimum Gasteiger partial charge on any atom is -0.343 e. The first-order valence-electron chi connectivity index (χ1n) is 6.19. The highest BCUT2D eigenvalue weighted by Gasteiger charge is 2.33. The van der Waals surface area contributed by atoms with Crippen LogP contribution in [0.5, 0.6) is 0 Å². The van der Waals surface area contributed by atoms with Crippen molar-refractivity contribution in [1.82, 2.24) is 10.2 Å². The van der Waals surface area contributed by atoms with Gasteiger partial charge in [-0.1, -0.05) is 13.8 Å². The standard InChI is InChI=1S/C12H21N3O3/c1-7(2)6-8(13)11(17)14-9-4-5-10(16)15(3)12(9)18/h7-9H,4-6,13H2,1-3H3,(H,14,17)/t8-,9?/m1/s1. The van der Waals surface area contributed by atoms with Crippen molar-refractivity contribution in [1.29, 1.82) is 0 Å². The molecule has 0 aliphatic carbocycles. The van der Waals surface area contributed by atoms with E-state index in [0.29, 0.717) is 18.8 Å². The monoisotopic (exact) mass is 255 g/mol. The van der Waals surface area contributed by atoms with Gasteiger partial charge in [0.25, 0.3) is 5.91 Å². The lowest BCUT2D eigenvalue weighted by Crippen LogP contribution is -2.55. The van der Waals surface area contributed by atoms with Gasteiger partial charge in [-0.2, -0.15) is 0 Å². The number of carbonyl (C=O) groups is 3. The summed E-state index contributed by atoms with van der Waals surface area (Å²) in [7, 11) is 1.43. The third kappa shape index (κ3) is 3.53. The Kier molecular flexibility index (Phi) is 4.84. The van der Waals surface area contributed by atoms with Crippen LogP contribution in [0.15, 0.2) is 0 Å². The Labute approximate surface area is 107 Å². The van der Waals surface area contributed by atoms with Gasteiger partial charge in [0, 0.05) is 13.5 Å². The number of nitrogens with one attached hydrogen (secondary N) is 1. The molecular formula is C12H21N3O3. The van der Waals surface area contributed by atoms with Gasteiger partial charge < -0.3 is 11.1 Å². The summed E-state index contributed by atoms with van der Waals surface area (Å²) in [6.45, 7) is 3.96. The maximum atomic E-state index is 11.8. The molecule has 18 heavy (non-hydrogen) atoms. The number of hydrogen-bond donors (Lipinski definition) is 2. The Morgan fingerprint density at radius 1 is 1.50 bits per heavy atom. The second kappa shape index (κ2) is 5.95. The molecule has 0 radical (unpaired) electrons. The maximum Gasteiger partial charge on any atom is 0.251 e. The first kappa shape index (κ1) is 14.6. The van der Waals surface area contributed by atoms with Crippen LogP contribution in [0.25, 0.3) is 0 Å². The molecule has 1 aliphatic heterocycles. The minimum absolute atomic E-state index is 0.211. The molecule has 1 heterocycles. The van der Waals surface area contributed by atoms with Crippen LogP contribution in [0, 0.1) is 5.92 Å². The fourth-order valence-electron chi connectivity index (χ4n) is 1.94. The van der Waals surface area contributed by atoms with E-state index in [2.05, 4.69) is 5.32 Å². The molecule has 1 fully saturated rings. The van der Waals surface area contributed by atoms with Gasteiger partial charge in [0.1, 0.15) is 6.04 Å². The van der Waals surface area contributed by atoms with Gasteiger partial charge in [0.15, 0.2) is 0 Å². The molecule has 6 heteroatoms. The van der Waals surface area contributed by atoms with E-state index in [1.54, 1.807) is 0 Å². The summed E-state index contributed by atoms with van der Waals surface area (Å²) >= 11 is 0. The highest BCUT2D eigenvalue weighted by Crippen LogP contribution is 2.12. The van der Waals surface area contributed by atoms with Crippen molar-refractivity contribution < 1.29 is 14.4 Å². The second-order valence-electron chi connectivity index (χ2n) is 5.13. The molecular weight excluding hydrogens is 234 g/mol. The lowest BCUT2D eigenvalue weighted by atomic mass is 10.0. The lowest BCUT2D eigenvalue weighted by Gasteiger charge is -2.29. The average Bonchev–Trinajstić information content (AvgIpc) is 2.29. The minimum atomic E-state index is -0.626. The quantitative estimate of drug-likeness (QED) is 0.670. The van der Waals surface area contributed by atoms with E-state index in [1.165, 1.54) is 7.05 Å². The zero-order valence-corrected chi connectivity index (χ0v) is 11.1. The first-order valence-corrected chi connectivity index (χ1v) is 6.19. The number of imide groups is 1. The van der Waals surface area contributed by atoms with Gasteiger partial charge in [-0.25, -0.2) is 0 Å². The Bertz CT molecular complexity index is 354. The summed E-state index contributed by atoms with van der Waals surface area (Å²) in [5.74, 6) is -0.588. The fourth-order valence-corrected chi connectivity index (χ4v) is 1.94. The van der Waals surface area contributed by atoms with Crippen LogP contribution in [0.4, 0.5) is 0 Å². The number of amides is 3. The fraction of sp³-hybridized carbons (Fsp3) is 0.750. The molecule has 0 aromatic rings. The molecule has 6 nitrogen and oxygen atoms in total. The summed E-state index contributed by atoms with van der Waals surface area (Å²) in [5, 5.41) is 2.62. The van der Waals surface area contributed by atoms with Crippen LogP contribution < -0.4 is 11.1 Å². The zero-order valence-electron chi connectivity index (χ0n) is 11.1. The third-order valence-electron chi connectivity index (χ3n) is 3.03. The van der Waals surface area contributed by atoms with Crippen molar-refractivity contribution in [3.8, 4) is 0 Å². The van der Waals surface area contributed by atoms with Crippen LogP contribution >= 0.6 is 0 Å². The maximum absolute atomic E-state index is 11.8. The molecule has 1 rings (SSSR count). The molecule has 0 spiro atoms. The highest BCUT2D eigenvalue weighted by molar-refractivity contribution is 6.01. The molecule has 102 valence electrons. The second-order valence-corrected chi connectivity index (χ2v) is 5.13. The first-order chi connectivity index (χ1) is 8.32. The number of hydrogen-bond acceptors (Lipinski definition) is 4. The Morgan fingerprint density at radius 2 is 2.11 bits per heavy atom. The number of likely N-dealkylation sites (tertiary alicyclic amines) is 1. The number of rotatable bonds is 4. The topological polar surface area (TPSA) is 92.5 Å². The Balaban J connectivity index is 2.54. The molecule has 0 aromatic carbocycles. The van der Waals surface area contributed by atoms with Crippen molar-refractivity contribution in [2.24, 2.45) is 11.7 Å². The van der Waals surface area contributed by atoms with Gasteiger partial charge in [-0.05, 0) is 18.8 Å². The van der Waals surface area contributed by atoms with Crippen LogP contribution in [0.3, 0.4) is 0 Å². The van der Waals surface area contributed by atoms with Gasteiger partial charge >= 0.3 is 0 Å². The Morgan fingerprint density at radius 3 is 2.67 bits per heavy atom. The summed E-state index contributed by atoms with van der Waals surface area (Å²) in [4.78, 5) is 35.9. The van der Waals surface area contributed by atoms with E-state index in [4.69, 9.17) is 5.73 Å². The molecule has 1 saturated heterocycles. The van der Waals surface area contributed by atoms with Gasteiger partial charge in [0.2, 0.25) is 11.8 Å². The van der Waals surface area contributed by atoms with Crippen LogP contribution in [-0.4, -0.2) is 41.8 Å². The molecule has 0 aromatic heterocycles. The van der Waals surface area contributed by atoms with Crippen LogP contribution in [0.1, 0.15) is 33.1 Å². The molecule has 3 amide bonds. The van der Waals surface area contributed by atoms with Gasteiger partial charge in [0.05, 0.1) is 6.04 Å². The predicted molar refractivity (Wildman–Crippen MR) is 66.4 cm³/mol. The third-order valence-corrected chi connectivity index (χ3v) is 3.03. The van der Waals surface area contributed by atoms with E-state index in [0.717, 1.165) is 4.90 Å². The summed E-state index contributed by atoms with van der Waals surface area (Å²) in [6, 6.07) is -1.24. The van der Waals surface area contributed by atoms with E-state index >= 15 is 0 Å². The van der Waals surface area contributed by atoms with Crippen LogP contribution in [-0.2, 0) is 14.4 Å². The molecule has 0 saturated carbocycles. The Hall–Kier alpha value is -1.43. The number of nitrogens with zero attached hydrogens (tertiary/aromatic N) is 1. The molecule has 3 N–H and O–H groups in total. The van der Waals surface area contributed by atoms with E-state index in [-0.39, 0.29) is 24.1 Å². The lowest BCUT2D eigenvalue weighted by molar-refractivity contribution is -0.149. The van der Waals surface area contributed by atoms with Crippen molar-refractivity contribution in [3.63, 3.8) is 0 Å². The summed E-state index contributed by atoms with van der Waals surface area (Å²) in [6.07, 6.45) is 1.19. The number of nitrogens with two attached hydrogens (primary N) is 1. The SMILES string of the molecule is CC(C)C[C@@H](N)C(=O)NC1CCC(=O)N(C)C1=O. The van der Waals surface area contributed by atoms with Crippen molar-refractivity contribution in [2.75, 3.05) is 7.05 Å². The zero-order chi connectivity index (χ0) is 13.9. The molecule has 1 aliphatic rings. The summed E-state index contributed by atoms with van der Waals surface area (Å²) in [5.41, 5.74) is 5.74. The average molecular weight is 255 g/mol. The largest absolute Gasteiger partial charge is 0.343 e. The van der Waals surface area contributed by atoms with E-state index in [1.807, 2.05) is 13.8 Å². The van der Waals surface area contributed by atoms with Crippen LogP contribution in [0.2, 0.25) is 0 Å². The molecule has 2 atom stereocenters. The van der Waals surface area contributed by atoms with Gasteiger partial charge in [-0.15, -0.1) is 0 Å². The number of likely N-dealkylation sites (N-methyl/N-ethyl adjacent to an activating group) is 1. The van der Waals surface area contributed by atoms with E-state index < -0.39 is 12.1 Å². The smallest absolute Gasteiger partial charge is 0.251 e. The van der Waals surface area contributed by atoms with Crippen molar-refractivity contribution >= 4 is 17.7 Å². The number of piperidine rings is 1. The predicted octanol–water partition coefficient (Wildman–Crippen LogP) is -0.377. The molecule has 0 bridgehead atoms. The van der Waals surface area contributed by atoms with Gasteiger partial charge in [-0.3, -0.25) is 19.3 Å². The highest BCUT2D eigenvalue weighted by atomic mass is 16.2. The van der Waals surface area contributed by atoms with Crippen molar-refractivity contribution in [2.45, 2.75) is 45.2 Å².